The summed E-state index contributed by atoms with van der Waals surface area (Å²) in [5.41, 5.74) is 5.77. The summed E-state index contributed by atoms with van der Waals surface area (Å²) in [6, 6.07) is 30.2. The molecule has 0 atom stereocenters. The molecule has 0 heterocycles. The summed E-state index contributed by atoms with van der Waals surface area (Å²) in [4.78, 5) is 25.6. The Morgan fingerprint density at radius 1 is 0.854 bits per heavy atom. The molecule has 204 valence electrons. The molecule has 0 aliphatic heterocycles. The van der Waals surface area contributed by atoms with Crippen molar-refractivity contribution in [3.05, 3.63) is 141 Å². The lowest BCUT2D eigenvalue weighted by Gasteiger charge is -2.11. The largest absolute Gasteiger partial charge is 0.489 e. The molecule has 0 radical (unpaired) electrons. The van der Waals surface area contributed by atoms with Crippen molar-refractivity contribution in [3.63, 3.8) is 0 Å². The zero-order valence-electron chi connectivity index (χ0n) is 21.9. The molecule has 5 aromatic rings. The average molecular weight is 583 g/mol. The van der Waals surface area contributed by atoms with Crippen LogP contribution in [0.5, 0.6) is 11.5 Å². The van der Waals surface area contributed by atoms with E-state index in [-0.39, 0.29) is 6.61 Å². The lowest BCUT2D eigenvalue weighted by molar-refractivity contribution is 0.0734. The Labute approximate surface area is 247 Å². The lowest BCUT2D eigenvalue weighted by Crippen LogP contribution is -2.17. The molecular formula is C33H24Cl2N2O4. The number of hydrogen-bond donors (Lipinski definition) is 1. The number of aryl methyl sites for hydroxylation is 1. The highest BCUT2D eigenvalue weighted by atomic mass is 35.5. The summed E-state index contributed by atoms with van der Waals surface area (Å²) in [6.07, 6.45) is 1.48. The van der Waals surface area contributed by atoms with Crippen LogP contribution in [-0.2, 0) is 6.61 Å². The van der Waals surface area contributed by atoms with E-state index >= 15 is 0 Å². The number of esters is 1. The van der Waals surface area contributed by atoms with Gasteiger partial charge in [-0.05, 0) is 72.3 Å². The van der Waals surface area contributed by atoms with E-state index in [1.807, 2.05) is 49.4 Å². The van der Waals surface area contributed by atoms with Crippen LogP contribution in [-0.4, -0.2) is 18.1 Å². The SMILES string of the molecule is Cc1ccc(C(=O)Oc2ccc3ccccc3c2/C=N\NC(=O)c2ccc(OCc3ccc(Cl)cc3Cl)cc2)cc1. The van der Waals surface area contributed by atoms with Crippen LogP contribution in [0.4, 0.5) is 0 Å². The number of halogens is 2. The third-order valence-electron chi connectivity index (χ3n) is 6.31. The van der Waals surface area contributed by atoms with Gasteiger partial charge in [0.15, 0.2) is 0 Å². The first kappa shape index (κ1) is 27.9. The first-order valence-corrected chi connectivity index (χ1v) is 13.4. The van der Waals surface area contributed by atoms with Gasteiger partial charge >= 0.3 is 5.97 Å². The number of nitrogens with one attached hydrogen (secondary N) is 1. The highest BCUT2D eigenvalue weighted by Gasteiger charge is 2.14. The Balaban J connectivity index is 1.28. The number of amides is 1. The zero-order valence-corrected chi connectivity index (χ0v) is 23.4. The summed E-state index contributed by atoms with van der Waals surface area (Å²) >= 11 is 12.1. The van der Waals surface area contributed by atoms with Gasteiger partial charge in [0.1, 0.15) is 18.1 Å². The van der Waals surface area contributed by atoms with Gasteiger partial charge in [-0.2, -0.15) is 5.10 Å². The quantitative estimate of drug-likeness (QED) is 0.0869. The molecule has 0 aliphatic carbocycles. The van der Waals surface area contributed by atoms with Crippen molar-refractivity contribution in [2.45, 2.75) is 13.5 Å². The summed E-state index contributed by atoms with van der Waals surface area (Å²) < 4.78 is 11.5. The monoisotopic (exact) mass is 582 g/mol. The maximum absolute atomic E-state index is 12.8. The molecule has 5 rings (SSSR count). The fraction of sp³-hybridized carbons (Fsp3) is 0.0606. The van der Waals surface area contributed by atoms with Crippen molar-refractivity contribution in [2.24, 2.45) is 5.10 Å². The molecule has 1 N–H and O–H groups in total. The zero-order chi connectivity index (χ0) is 28.8. The van der Waals surface area contributed by atoms with E-state index in [9.17, 15) is 9.59 Å². The lowest BCUT2D eigenvalue weighted by atomic mass is 10.0. The van der Waals surface area contributed by atoms with E-state index in [1.165, 1.54) is 6.21 Å². The molecule has 8 heteroatoms. The number of hydrazone groups is 1. The van der Waals surface area contributed by atoms with Gasteiger partial charge in [-0.25, -0.2) is 10.2 Å². The molecule has 41 heavy (non-hydrogen) atoms. The minimum atomic E-state index is -0.486. The summed E-state index contributed by atoms with van der Waals surface area (Å²) in [5, 5.41) is 6.99. The predicted molar refractivity (Wildman–Crippen MR) is 162 cm³/mol. The second-order valence-electron chi connectivity index (χ2n) is 9.20. The van der Waals surface area contributed by atoms with Gasteiger partial charge in [-0.15, -0.1) is 0 Å². The molecule has 0 spiro atoms. The molecule has 0 aliphatic rings. The van der Waals surface area contributed by atoms with E-state index < -0.39 is 11.9 Å². The summed E-state index contributed by atoms with van der Waals surface area (Å²) in [6.45, 7) is 2.20. The average Bonchev–Trinajstić information content (AvgIpc) is 2.98. The molecule has 0 bridgehead atoms. The molecule has 0 unspecified atom stereocenters. The van der Waals surface area contributed by atoms with Crippen LogP contribution in [0.25, 0.3) is 10.8 Å². The maximum atomic E-state index is 12.8. The third-order valence-corrected chi connectivity index (χ3v) is 6.89. The molecular weight excluding hydrogens is 559 g/mol. The molecule has 0 fully saturated rings. The van der Waals surface area contributed by atoms with Crippen LogP contribution < -0.4 is 14.9 Å². The minimum absolute atomic E-state index is 0.258. The fourth-order valence-electron chi connectivity index (χ4n) is 4.07. The minimum Gasteiger partial charge on any atom is -0.489 e. The first-order valence-electron chi connectivity index (χ1n) is 12.7. The van der Waals surface area contributed by atoms with Gasteiger partial charge in [0, 0.05) is 26.7 Å². The summed E-state index contributed by atoms with van der Waals surface area (Å²) in [7, 11) is 0. The van der Waals surface area contributed by atoms with E-state index in [2.05, 4.69) is 10.5 Å². The molecule has 0 aromatic heterocycles. The van der Waals surface area contributed by atoms with Gasteiger partial charge in [-0.3, -0.25) is 4.79 Å². The van der Waals surface area contributed by atoms with Crippen molar-refractivity contribution in [2.75, 3.05) is 0 Å². The second kappa shape index (κ2) is 12.7. The van der Waals surface area contributed by atoms with Gasteiger partial charge in [0.25, 0.3) is 5.91 Å². The van der Waals surface area contributed by atoms with Gasteiger partial charge in [-0.1, -0.05) is 77.3 Å². The smallest absolute Gasteiger partial charge is 0.343 e. The molecule has 6 nitrogen and oxygen atoms in total. The molecule has 5 aromatic carbocycles. The van der Waals surface area contributed by atoms with Crippen molar-refractivity contribution in [3.8, 4) is 11.5 Å². The molecule has 1 amide bonds. The maximum Gasteiger partial charge on any atom is 0.343 e. The number of ether oxygens (including phenoxy) is 2. The topological polar surface area (TPSA) is 77.0 Å². The first-order chi connectivity index (χ1) is 19.9. The van der Waals surface area contributed by atoms with E-state index in [4.69, 9.17) is 32.7 Å². The molecule has 0 saturated carbocycles. The second-order valence-corrected chi connectivity index (χ2v) is 10.0. The Morgan fingerprint density at radius 2 is 1.59 bits per heavy atom. The van der Waals surface area contributed by atoms with Gasteiger partial charge < -0.3 is 9.47 Å². The normalized spacial score (nSPS) is 11.0. The van der Waals surface area contributed by atoms with E-state index in [1.54, 1.807) is 60.7 Å². The van der Waals surface area contributed by atoms with Crippen LogP contribution in [0.3, 0.4) is 0 Å². The van der Waals surface area contributed by atoms with Crippen LogP contribution >= 0.6 is 23.2 Å². The molecule has 0 saturated heterocycles. The van der Waals surface area contributed by atoms with Gasteiger partial charge in [0.05, 0.1) is 11.8 Å². The Kier molecular flexibility index (Phi) is 8.63. The number of nitrogens with zero attached hydrogens (tertiary/aromatic N) is 1. The number of fused-ring (bicyclic) bond motifs is 1. The van der Waals surface area contributed by atoms with Crippen LogP contribution in [0.1, 0.15) is 37.4 Å². The van der Waals surface area contributed by atoms with Crippen molar-refractivity contribution in [1.29, 1.82) is 0 Å². The highest BCUT2D eigenvalue weighted by molar-refractivity contribution is 6.35. The Bertz CT molecular complexity index is 1750. The van der Waals surface area contributed by atoms with Gasteiger partial charge in [0.2, 0.25) is 0 Å². The Morgan fingerprint density at radius 3 is 2.34 bits per heavy atom. The number of carbonyl (C=O) groups excluding carboxylic acids is 2. The third kappa shape index (κ3) is 6.92. The van der Waals surface area contributed by atoms with Crippen LogP contribution in [0.2, 0.25) is 10.0 Å². The van der Waals surface area contributed by atoms with Crippen LogP contribution in [0, 0.1) is 6.92 Å². The van der Waals surface area contributed by atoms with E-state index in [0.717, 1.165) is 21.9 Å². The Hall–Kier alpha value is -4.65. The predicted octanol–water partition coefficient (Wildman–Crippen LogP) is 8.02. The van der Waals surface area contributed by atoms with Crippen LogP contribution in [0.15, 0.2) is 108 Å². The number of benzene rings is 5. The fourth-order valence-corrected chi connectivity index (χ4v) is 4.53. The summed E-state index contributed by atoms with van der Waals surface area (Å²) in [5.74, 6) is 0.00742. The number of hydrogen-bond acceptors (Lipinski definition) is 5. The number of carbonyl (C=O) groups is 2. The van der Waals surface area contributed by atoms with Crippen molar-refractivity contribution < 1.29 is 19.1 Å². The standard InChI is InChI=1S/C33H24Cl2N2O4/c1-21-6-8-24(9-7-21)33(39)41-31-17-13-22-4-2-3-5-28(22)29(31)19-36-37-32(38)23-11-15-27(16-12-23)40-20-25-10-14-26(34)18-30(25)35/h2-19H,20H2,1H3,(H,37,38)/b36-19-. The van der Waals surface area contributed by atoms with E-state index in [0.29, 0.717) is 38.2 Å². The van der Waals surface area contributed by atoms with Crippen molar-refractivity contribution in [1.82, 2.24) is 5.43 Å². The number of rotatable bonds is 8. The highest BCUT2D eigenvalue weighted by Crippen LogP contribution is 2.28. The van der Waals surface area contributed by atoms with Crippen molar-refractivity contribution >= 4 is 52.1 Å².